The zero-order valence-electron chi connectivity index (χ0n) is 6.76. The summed E-state index contributed by atoms with van der Waals surface area (Å²) in [6, 6.07) is 3.01. The molecule has 12 heavy (non-hydrogen) atoms. The number of fused-ring (bicyclic) bond motifs is 1. The lowest BCUT2D eigenvalue weighted by Gasteiger charge is -1.97. The largest absolute Gasteiger partial charge is 0.278 e. The molecule has 2 rings (SSSR count). The summed E-state index contributed by atoms with van der Waals surface area (Å²) in [5.74, 6) is -0.205. The molecule has 1 heterocycles. The summed E-state index contributed by atoms with van der Waals surface area (Å²) in [5, 5.41) is 7.62. The molecule has 1 N–H and O–H groups in total. The Morgan fingerprint density at radius 2 is 2.33 bits per heavy atom. The molecular weight excluding hydrogens is 155 g/mol. The van der Waals surface area contributed by atoms with Gasteiger partial charge in [-0.25, -0.2) is 4.39 Å². The number of halogens is 1. The van der Waals surface area contributed by atoms with Gasteiger partial charge < -0.3 is 0 Å². The fourth-order valence-electron chi connectivity index (χ4n) is 1.38. The fraction of sp³-hybridized carbons (Fsp3) is 0.222. The number of hydrogen-bond acceptors (Lipinski definition) is 1. The third-order valence-corrected chi connectivity index (χ3v) is 1.99. The van der Waals surface area contributed by atoms with Gasteiger partial charge in [0.05, 0.1) is 11.7 Å². The van der Waals surface area contributed by atoms with Gasteiger partial charge in [-0.15, -0.1) is 0 Å². The average molecular weight is 164 g/mol. The molecule has 0 fully saturated rings. The fourth-order valence-corrected chi connectivity index (χ4v) is 1.38. The van der Waals surface area contributed by atoms with Crippen LogP contribution in [0, 0.1) is 5.82 Å². The maximum absolute atomic E-state index is 12.9. The number of benzene rings is 1. The highest BCUT2D eigenvalue weighted by molar-refractivity contribution is 5.81. The summed E-state index contributed by atoms with van der Waals surface area (Å²) in [5.41, 5.74) is 1.77. The van der Waals surface area contributed by atoms with Crippen molar-refractivity contribution in [3.05, 3.63) is 29.7 Å². The van der Waals surface area contributed by atoms with Gasteiger partial charge in [-0.3, -0.25) is 5.10 Å². The monoisotopic (exact) mass is 164 g/mol. The number of aryl methyl sites for hydroxylation is 1. The second-order valence-electron chi connectivity index (χ2n) is 2.75. The summed E-state index contributed by atoms with van der Waals surface area (Å²) >= 11 is 0. The van der Waals surface area contributed by atoms with Crippen LogP contribution in [-0.4, -0.2) is 10.2 Å². The summed E-state index contributed by atoms with van der Waals surface area (Å²) in [4.78, 5) is 0. The second kappa shape index (κ2) is 2.59. The van der Waals surface area contributed by atoms with E-state index < -0.39 is 0 Å². The molecule has 0 atom stereocenters. The Bertz CT molecular complexity index is 406. The standard InChI is InChI=1S/C9H9FN2/c1-2-6-3-7(10)4-9-8(6)5-11-12-9/h3-5H,2H2,1H3,(H,11,12). The molecular formula is C9H9FN2. The van der Waals surface area contributed by atoms with E-state index in [0.717, 1.165) is 22.9 Å². The van der Waals surface area contributed by atoms with Crippen molar-refractivity contribution in [2.45, 2.75) is 13.3 Å². The molecule has 1 aromatic carbocycles. The van der Waals surface area contributed by atoms with E-state index in [1.165, 1.54) is 6.07 Å². The van der Waals surface area contributed by atoms with Crippen LogP contribution in [0.2, 0.25) is 0 Å². The molecule has 0 bridgehead atoms. The van der Waals surface area contributed by atoms with Gasteiger partial charge in [0.1, 0.15) is 5.82 Å². The molecule has 1 aromatic heterocycles. The Kier molecular flexibility index (Phi) is 1.57. The molecule has 0 aliphatic rings. The van der Waals surface area contributed by atoms with E-state index in [0.29, 0.717) is 0 Å². The first kappa shape index (κ1) is 7.28. The van der Waals surface area contributed by atoms with Crippen LogP contribution in [0.25, 0.3) is 10.9 Å². The van der Waals surface area contributed by atoms with Crippen molar-refractivity contribution in [3.63, 3.8) is 0 Å². The van der Waals surface area contributed by atoms with Crippen LogP contribution in [0.15, 0.2) is 18.3 Å². The number of rotatable bonds is 1. The van der Waals surface area contributed by atoms with E-state index in [1.54, 1.807) is 12.3 Å². The van der Waals surface area contributed by atoms with Gasteiger partial charge in [-0.1, -0.05) is 6.92 Å². The molecule has 0 aliphatic heterocycles. The predicted molar refractivity (Wildman–Crippen MR) is 45.4 cm³/mol. The number of nitrogens with one attached hydrogen (secondary N) is 1. The van der Waals surface area contributed by atoms with Crippen LogP contribution in [0.3, 0.4) is 0 Å². The van der Waals surface area contributed by atoms with E-state index in [-0.39, 0.29) is 5.82 Å². The molecule has 0 amide bonds. The first-order valence-electron chi connectivity index (χ1n) is 3.92. The van der Waals surface area contributed by atoms with Gasteiger partial charge in [-0.2, -0.15) is 5.10 Å². The third kappa shape index (κ3) is 0.978. The zero-order chi connectivity index (χ0) is 8.55. The van der Waals surface area contributed by atoms with E-state index in [9.17, 15) is 4.39 Å². The maximum atomic E-state index is 12.9. The van der Waals surface area contributed by atoms with E-state index in [2.05, 4.69) is 10.2 Å². The molecule has 0 aliphatic carbocycles. The molecule has 3 heteroatoms. The van der Waals surface area contributed by atoms with Gasteiger partial charge in [0.15, 0.2) is 0 Å². The summed E-state index contributed by atoms with van der Waals surface area (Å²) in [6.07, 6.45) is 2.56. The van der Waals surface area contributed by atoms with Gasteiger partial charge in [0.25, 0.3) is 0 Å². The highest BCUT2D eigenvalue weighted by Gasteiger charge is 2.03. The molecule has 0 saturated heterocycles. The van der Waals surface area contributed by atoms with Crippen molar-refractivity contribution in [2.24, 2.45) is 0 Å². The van der Waals surface area contributed by atoms with E-state index in [4.69, 9.17) is 0 Å². The van der Waals surface area contributed by atoms with Crippen LogP contribution in [0.4, 0.5) is 4.39 Å². The normalized spacial score (nSPS) is 10.8. The lowest BCUT2D eigenvalue weighted by atomic mass is 10.1. The average Bonchev–Trinajstić information content (AvgIpc) is 2.50. The summed E-state index contributed by atoms with van der Waals surface area (Å²) in [6.45, 7) is 2.00. The lowest BCUT2D eigenvalue weighted by molar-refractivity contribution is 0.627. The smallest absolute Gasteiger partial charge is 0.125 e. The Hall–Kier alpha value is -1.38. The lowest BCUT2D eigenvalue weighted by Crippen LogP contribution is -1.84. The first-order valence-corrected chi connectivity index (χ1v) is 3.92. The molecule has 0 unspecified atom stereocenters. The Labute approximate surface area is 69.4 Å². The van der Waals surface area contributed by atoms with Crippen LogP contribution in [-0.2, 0) is 6.42 Å². The minimum atomic E-state index is -0.205. The van der Waals surface area contributed by atoms with Gasteiger partial charge >= 0.3 is 0 Å². The van der Waals surface area contributed by atoms with Gasteiger partial charge in [0, 0.05) is 5.39 Å². The number of nitrogens with zero attached hydrogens (tertiary/aromatic N) is 1. The van der Waals surface area contributed by atoms with Crippen molar-refractivity contribution in [1.82, 2.24) is 10.2 Å². The number of hydrogen-bond donors (Lipinski definition) is 1. The van der Waals surface area contributed by atoms with Crippen molar-refractivity contribution in [3.8, 4) is 0 Å². The summed E-state index contributed by atoms with van der Waals surface area (Å²) < 4.78 is 12.9. The second-order valence-corrected chi connectivity index (χ2v) is 2.75. The number of aromatic amines is 1. The highest BCUT2D eigenvalue weighted by Crippen LogP contribution is 2.18. The molecule has 0 saturated carbocycles. The van der Waals surface area contributed by atoms with Crippen molar-refractivity contribution >= 4 is 10.9 Å². The highest BCUT2D eigenvalue weighted by atomic mass is 19.1. The number of aromatic nitrogens is 2. The van der Waals surface area contributed by atoms with Crippen LogP contribution < -0.4 is 0 Å². The van der Waals surface area contributed by atoms with Crippen molar-refractivity contribution in [1.29, 1.82) is 0 Å². The predicted octanol–water partition coefficient (Wildman–Crippen LogP) is 2.26. The Morgan fingerprint density at radius 1 is 1.50 bits per heavy atom. The quantitative estimate of drug-likeness (QED) is 0.688. The van der Waals surface area contributed by atoms with Gasteiger partial charge in [-0.05, 0) is 24.1 Å². The molecule has 62 valence electrons. The Balaban J connectivity index is 2.80. The molecule has 2 aromatic rings. The van der Waals surface area contributed by atoms with Gasteiger partial charge in [0.2, 0.25) is 0 Å². The number of H-pyrrole nitrogens is 1. The van der Waals surface area contributed by atoms with Crippen LogP contribution in [0.5, 0.6) is 0 Å². The van der Waals surface area contributed by atoms with Crippen LogP contribution >= 0.6 is 0 Å². The Morgan fingerprint density at radius 3 is 3.08 bits per heavy atom. The first-order chi connectivity index (χ1) is 5.81. The molecule has 2 nitrogen and oxygen atoms in total. The zero-order valence-corrected chi connectivity index (χ0v) is 6.76. The van der Waals surface area contributed by atoms with Crippen LogP contribution in [0.1, 0.15) is 12.5 Å². The minimum absolute atomic E-state index is 0.205. The third-order valence-electron chi connectivity index (χ3n) is 1.99. The SMILES string of the molecule is CCc1cc(F)cc2[nH]ncc12. The maximum Gasteiger partial charge on any atom is 0.125 e. The summed E-state index contributed by atoms with van der Waals surface area (Å²) in [7, 11) is 0. The van der Waals surface area contributed by atoms with E-state index in [1.807, 2.05) is 6.92 Å². The topological polar surface area (TPSA) is 28.7 Å². The molecule has 0 radical (unpaired) electrons. The van der Waals surface area contributed by atoms with Crippen molar-refractivity contribution < 1.29 is 4.39 Å². The minimum Gasteiger partial charge on any atom is -0.278 e. The van der Waals surface area contributed by atoms with Crippen molar-refractivity contribution in [2.75, 3.05) is 0 Å². The van der Waals surface area contributed by atoms with E-state index >= 15 is 0 Å². The molecule has 0 spiro atoms.